The van der Waals surface area contributed by atoms with Crippen LogP contribution in [0.3, 0.4) is 0 Å². The van der Waals surface area contributed by atoms with Gasteiger partial charge in [0.2, 0.25) is 0 Å². The van der Waals surface area contributed by atoms with Gasteiger partial charge < -0.3 is 20.3 Å². The smallest absolute Gasteiger partial charge is 0.269 e. The van der Waals surface area contributed by atoms with Crippen molar-refractivity contribution in [3.8, 4) is 0 Å². The summed E-state index contributed by atoms with van der Waals surface area (Å²) < 4.78 is 4.94. The molecule has 0 aliphatic rings. The van der Waals surface area contributed by atoms with Crippen molar-refractivity contribution in [2.45, 2.75) is 12.8 Å². The maximum atomic E-state index is 11.9. The highest BCUT2D eigenvalue weighted by Gasteiger charge is 2.07. The molecule has 0 aliphatic heterocycles. The zero-order chi connectivity index (χ0) is 15.5. The van der Waals surface area contributed by atoms with Crippen molar-refractivity contribution in [1.82, 2.24) is 15.2 Å². The Balaban J connectivity index is 2.38. The van der Waals surface area contributed by atoms with Crippen molar-refractivity contribution in [1.29, 1.82) is 0 Å². The second-order valence-corrected chi connectivity index (χ2v) is 5.12. The standard InChI is InChI=1S/C15H26N4O2/c1-19(2)10-4-7-16-13-6-9-17-14(12-13)15(20)18-8-5-11-21-3/h6,9,12H,4-5,7-8,10-11H2,1-3H3,(H,16,17)(H,18,20). The number of hydrogen-bond donors (Lipinski definition) is 2. The van der Waals surface area contributed by atoms with E-state index in [4.69, 9.17) is 4.74 Å². The van der Waals surface area contributed by atoms with Crippen LogP contribution in [0.15, 0.2) is 18.3 Å². The van der Waals surface area contributed by atoms with Crippen LogP contribution in [0.1, 0.15) is 23.3 Å². The van der Waals surface area contributed by atoms with Gasteiger partial charge in [-0.25, -0.2) is 0 Å². The van der Waals surface area contributed by atoms with Gasteiger partial charge in [-0.1, -0.05) is 0 Å². The van der Waals surface area contributed by atoms with E-state index in [9.17, 15) is 4.79 Å². The molecule has 1 aromatic heterocycles. The Hall–Kier alpha value is -1.66. The quantitative estimate of drug-likeness (QED) is 0.635. The topological polar surface area (TPSA) is 66.5 Å². The molecule has 1 aromatic rings. The van der Waals surface area contributed by atoms with Crippen LogP contribution >= 0.6 is 0 Å². The molecule has 6 heteroatoms. The third-order valence-corrected chi connectivity index (χ3v) is 2.91. The number of carbonyl (C=O) groups excluding carboxylic acids is 1. The fourth-order valence-electron chi connectivity index (χ4n) is 1.80. The van der Waals surface area contributed by atoms with Gasteiger partial charge in [0.1, 0.15) is 5.69 Å². The molecule has 0 radical (unpaired) electrons. The molecule has 0 spiro atoms. The fraction of sp³-hybridized carbons (Fsp3) is 0.600. The summed E-state index contributed by atoms with van der Waals surface area (Å²) >= 11 is 0. The maximum Gasteiger partial charge on any atom is 0.269 e. The third kappa shape index (κ3) is 7.63. The number of hydrogen-bond acceptors (Lipinski definition) is 5. The Morgan fingerprint density at radius 1 is 1.33 bits per heavy atom. The number of anilines is 1. The van der Waals surface area contributed by atoms with Gasteiger partial charge in [-0.3, -0.25) is 9.78 Å². The summed E-state index contributed by atoms with van der Waals surface area (Å²) in [5.74, 6) is -0.150. The molecular weight excluding hydrogens is 268 g/mol. The lowest BCUT2D eigenvalue weighted by Gasteiger charge is -2.11. The minimum absolute atomic E-state index is 0.150. The first-order chi connectivity index (χ1) is 10.1. The average molecular weight is 294 g/mol. The van der Waals surface area contributed by atoms with Crippen LogP contribution in [0, 0.1) is 0 Å². The van der Waals surface area contributed by atoms with E-state index in [0.29, 0.717) is 18.8 Å². The first-order valence-electron chi connectivity index (χ1n) is 7.25. The van der Waals surface area contributed by atoms with E-state index >= 15 is 0 Å². The van der Waals surface area contributed by atoms with E-state index in [1.165, 1.54) is 0 Å². The lowest BCUT2D eigenvalue weighted by molar-refractivity contribution is 0.0943. The minimum atomic E-state index is -0.150. The lowest BCUT2D eigenvalue weighted by Crippen LogP contribution is -2.26. The SMILES string of the molecule is COCCCNC(=O)c1cc(NCCCN(C)C)ccn1. The molecule has 0 saturated carbocycles. The summed E-state index contributed by atoms with van der Waals surface area (Å²) in [7, 11) is 5.76. The van der Waals surface area contributed by atoms with E-state index in [2.05, 4.69) is 34.6 Å². The minimum Gasteiger partial charge on any atom is -0.385 e. The third-order valence-electron chi connectivity index (χ3n) is 2.91. The predicted octanol–water partition coefficient (Wildman–Crippen LogP) is 1.21. The Morgan fingerprint density at radius 2 is 2.14 bits per heavy atom. The highest BCUT2D eigenvalue weighted by atomic mass is 16.5. The summed E-state index contributed by atoms with van der Waals surface area (Å²) in [4.78, 5) is 18.2. The second kappa shape index (κ2) is 10.1. The second-order valence-electron chi connectivity index (χ2n) is 5.12. The molecule has 0 saturated heterocycles. The molecule has 2 N–H and O–H groups in total. The van der Waals surface area contributed by atoms with Crippen molar-refractivity contribution in [2.75, 3.05) is 52.8 Å². The molecule has 0 aromatic carbocycles. The Labute approximate surface area is 126 Å². The van der Waals surface area contributed by atoms with Crippen LogP contribution < -0.4 is 10.6 Å². The van der Waals surface area contributed by atoms with Gasteiger partial charge in [0.25, 0.3) is 5.91 Å². The first kappa shape index (κ1) is 17.4. The van der Waals surface area contributed by atoms with Crippen LogP contribution in [0.25, 0.3) is 0 Å². The molecule has 0 unspecified atom stereocenters. The number of ether oxygens (including phenoxy) is 1. The highest BCUT2D eigenvalue weighted by molar-refractivity contribution is 5.93. The number of methoxy groups -OCH3 is 1. The van der Waals surface area contributed by atoms with Crippen LogP contribution in [0.2, 0.25) is 0 Å². The molecule has 118 valence electrons. The van der Waals surface area contributed by atoms with E-state index in [-0.39, 0.29) is 5.91 Å². The first-order valence-corrected chi connectivity index (χ1v) is 7.25. The summed E-state index contributed by atoms with van der Waals surface area (Å²) in [5, 5.41) is 6.13. The van der Waals surface area contributed by atoms with Crippen molar-refractivity contribution < 1.29 is 9.53 Å². The molecule has 1 rings (SSSR count). The van der Waals surface area contributed by atoms with E-state index in [1.54, 1.807) is 19.4 Å². The largest absolute Gasteiger partial charge is 0.385 e. The van der Waals surface area contributed by atoms with Crippen LogP contribution in [0.4, 0.5) is 5.69 Å². The molecule has 1 amide bonds. The lowest BCUT2D eigenvalue weighted by atomic mass is 10.3. The Bertz CT molecular complexity index is 424. The molecule has 6 nitrogen and oxygen atoms in total. The van der Waals surface area contributed by atoms with Gasteiger partial charge in [-0.15, -0.1) is 0 Å². The normalized spacial score (nSPS) is 10.7. The average Bonchev–Trinajstić information content (AvgIpc) is 2.48. The van der Waals surface area contributed by atoms with Crippen molar-refractivity contribution in [2.24, 2.45) is 0 Å². The zero-order valence-corrected chi connectivity index (χ0v) is 13.2. The van der Waals surface area contributed by atoms with Gasteiger partial charge in [0.05, 0.1) is 0 Å². The molecule has 21 heavy (non-hydrogen) atoms. The van der Waals surface area contributed by atoms with E-state index in [0.717, 1.165) is 31.6 Å². The summed E-state index contributed by atoms with van der Waals surface area (Å²) in [5.41, 5.74) is 1.36. The van der Waals surface area contributed by atoms with Gasteiger partial charge in [-0.2, -0.15) is 0 Å². The highest BCUT2D eigenvalue weighted by Crippen LogP contribution is 2.08. The van der Waals surface area contributed by atoms with Gasteiger partial charge in [-0.05, 0) is 45.6 Å². The summed E-state index contributed by atoms with van der Waals surface area (Å²) in [6.07, 6.45) is 3.50. The van der Waals surface area contributed by atoms with Gasteiger partial charge in [0, 0.05) is 38.7 Å². The molecule has 1 heterocycles. The monoisotopic (exact) mass is 294 g/mol. The van der Waals surface area contributed by atoms with Crippen LogP contribution in [-0.2, 0) is 4.74 Å². The van der Waals surface area contributed by atoms with Gasteiger partial charge >= 0.3 is 0 Å². The van der Waals surface area contributed by atoms with Crippen molar-refractivity contribution in [3.05, 3.63) is 24.0 Å². The van der Waals surface area contributed by atoms with Crippen LogP contribution in [-0.4, -0.2) is 63.2 Å². The molecule has 0 aliphatic carbocycles. The zero-order valence-electron chi connectivity index (χ0n) is 13.2. The van der Waals surface area contributed by atoms with Crippen molar-refractivity contribution in [3.63, 3.8) is 0 Å². The van der Waals surface area contributed by atoms with E-state index in [1.807, 2.05) is 6.07 Å². The summed E-state index contributed by atoms with van der Waals surface area (Å²) in [6.45, 7) is 3.14. The maximum absolute atomic E-state index is 11.9. The number of pyridine rings is 1. The summed E-state index contributed by atoms with van der Waals surface area (Å²) in [6, 6.07) is 3.65. The number of nitrogens with zero attached hydrogens (tertiary/aromatic N) is 2. The number of aromatic nitrogens is 1. The number of nitrogens with one attached hydrogen (secondary N) is 2. The number of carbonyl (C=O) groups is 1. The van der Waals surface area contributed by atoms with E-state index < -0.39 is 0 Å². The number of amides is 1. The molecular formula is C15H26N4O2. The van der Waals surface area contributed by atoms with Crippen LogP contribution in [0.5, 0.6) is 0 Å². The fourth-order valence-corrected chi connectivity index (χ4v) is 1.80. The Morgan fingerprint density at radius 3 is 2.86 bits per heavy atom. The van der Waals surface area contributed by atoms with Gasteiger partial charge in [0.15, 0.2) is 0 Å². The predicted molar refractivity (Wildman–Crippen MR) is 84.7 cm³/mol. The molecule has 0 fully saturated rings. The Kier molecular flexibility index (Phi) is 8.38. The van der Waals surface area contributed by atoms with Crippen molar-refractivity contribution >= 4 is 11.6 Å². The molecule has 0 bridgehead atoms. The molecule has 0 atom stereocenters. The number of rotatable bonds is 10.